The van der Waals surface area contributed by atoms with Crippen molar-refractivity contribution >= 4 is 24.0 Å². The number of halogens is 2. The van der Waals surface area contributed by atoms with E-state index in [-0.39, 0.29) is 24.6 Å². The van der Waals surface area contributed by atoms with Crippen molar-refractivity contribution in [3.05, 3.63) is 70.7 Å². The summed E-state index contributed by atoms with van der Waals surface area (Å²) in [6, 6.07) is 17.9. The van der Waals surface area contributed by atoms with Gasteiger partial charge in [0.2, 0.25) is 0 Å². The standard InChI is InChI=1S/C19H24ClNO2.ClH/c1-14(16-8-10-18(20)11-9-16)21-12-19(22)13-23-15(2)17-6-4-3-5-7-17;/h3-11,14-15,19,21-22H,12-13H2,1-2H3;1H. The van der Waals surface area contributed by atoms with Crippen LogP contribution in [0.5, 0.6) is 0 Å². The van der Waals surface area contributed by atoms with Crippen LogP contribution >= 0.6 is 24.0 Å². The van der Waals surface area contributed by atoms with Crippen molar-refractivity contribution in [1.29, 1.82) is 0 Å². The molecule has 3 atom stereocenters. The second-order valence-electron chi connectivity index (χ2n) is 5.72. The lowest BCUT2D eigenvalue weighted by Crippen LogP contribution is -2.32. The molecule has 0 saturated carbocycles. The van der Waals surface area contributed by atoms with E-state index in [0.717, 1.165) is 16.1 Å². The van der Waals surface area contributed by atoms with Crippen molar-refractivity contribution in [3.63, 3.8) is 0 Å². The zero-order valence-electron chi connectivity index (χ0n) is 14.0. The third-order valence-corrected chi connectivity index (χ3v) is 4.09. The van der Waals surface area contributed by atoms with Gasteiger partial charge in [0.1, 0.15) is 0 Å². The van der Waals surface area contributed by atoms with Crippen molar-refractivity contribution in [2.75, 3.05) is 13.2 Å². The molecule has 0 bridgehead atoms. The summed E-state index contributed by atoms with van der Waals surface area (Å²) in [5.41, 5.74) is 2.25. The van der Waals surface area contributed by atoms with E-state index < -0.39 is 6.10 Å². The molecule has 0 fully saturated rings. The van der Waals surface area contributed by atoms with E-state index in [4.69, 9.17) is 16.3 Å². The minimum absolute atomic E-state index is 0. The van der Waals surface area contributed by atoms with Crippen LogP contribution in [0.2, 0.25) is 5.02 Å². The van der Waals surface area contributed by atoms with Gasteiger partial charge in [-0.05, 0) is 37.1 Å². The van der Waals surface area contributed by atoms with E-state index >= 15 is 0 Å². The molecule has 2 rings (SSSR count). The lowest BCUT2D eigenvalue weighted by atomic mass is 10.1. The van der Waals surface area contributed by atoms with Crippen molar-refractivity contribution in [1.82, 2.24) is 5.32 Å². The quantitative estimate of drug-likeness (QED) is 0.716. The van der Waals surface area contributed by atoms with Gasteiger partial charge in [0.15, 0.2) is 0 Å². The highest BCUT2D eigenvalue weighted by Gasteiger charge is 2.11. The number of rotatable bonds is 8. The van der Waals surface area contributed by atoms with Crippen molar-refractivity contribution < 1.29 is 9.84 Å². The van der Waals surface area contributed by atoms with Gasteiger partial charge in [-0.1, -0.05) is 54.1 Å². The average molecular weight is 370 g/mol. The number of nitrogens with one attached hydrogen (secondary N) is 1. The molecule has 2 aromatic carbocycles. The molecule has 0 radical (unpaired) electrons. The smallest absolute Gasteiger partial charge is 0.0898 e. The van der Waals surface area contributed by atoms with Crippen LogP contribution in [0.3, 0.4) is 0 Å². The van der Waals surface area contributed by atoms with Gasteiger partial charge in [-0.15, -0.1) is 12.4 Å². The molecule has 0 aliphatic rings. The van der Waals surface area contributed by atoms with Gasteiger partial charge in [-0.25, -0.2) is 0 Å². The Bertz CT molecular complexity index is 578. The first-order chi connectivity index (χ1) is 11.1. The van der Waals surface area contributed by atoms with E-state index in [1.807, 2.05) is 61.5 Å². The molecule has 3 unspecified atom stereocenters. The molecule has 132 valence electrons. The molecule has 0 saturated heterocycles. The largest absolute Gasteiger partial charge is 0.389 e. The summed E-state index contributed by atoms with van der Waals surface area (Å²) in [5, 5.41) is 14.1. The maximum atomic E-state index is 10.1. The van der Waals surface area contributed by atoms with Crippen LogP contribution in [-0.4, -0.2) is 24.4 Å². The topological polar surface area (TPSA) is 41.5 Å². The highest BCUT2D eigenvalue weighted by molar-refractivity contribution is 6.30. The summed E-state index contributed by atoms with van der Waals surface area (Å²) in [4.78, 5) is 0. The van der Waals surface area contributed by atoms with Crippen molar-refractivity contribution in [2.45, 2.75) is 32.1 Å². The monoisotopic (exact) mass is 369 g/mol. The second-order valence-corrected chi connectivity index (χ2v) is 6.16. The Balaban J connectivity index is 0.00000288. The van der Waals surface area contributed by atoms with Gasteiger partial charge in [0.05, 0.1) is 18.8 Å². The Morgan fingerprint density at radius 2 is 1.62 bits per heavy atom. The summed E-state index contributed by atoms with van der Waals surface area (Å²) in [7, 11) is 0. The minimum atomic E-state index is -0.545. The normalized spacial score (nSPS) is 14.5. The predicted molar refractivity (Wildman–Crippen MR) is 102 cm³/mol. The van der Waals surface area contributed by atoms with E-state index in [2.05, 4.69) is 12.2 Å². The highest BCUT2D eigenvalue weighted by Crippen LogP contribution is 2.17. The second kappa shape index (κ2) is 10.7. The Kier molecular flexibility index (Phi) is 9.34. The molecule has 2 aromatic rings. The zero-order chi connectivity index (χ0) is 16.7. The number of benzene rings is 2. The summed E-state index contributed by atoms with van der Waals surface area (Å²) < 4.78 is 5.74. The summed E-state index contributed by atoms with van der Waals surface area (Å²) in [5.74, 6) is 0. The van der Waals surface area contributed by atoms with E-state index in [0.29, 0.717) is 13.2 Å². The first-order valence-corrected chi connectivity index (χ1v) is 8.27. The molecule has 2 N–H and O–H groups in total. The fourth-order valence-electron chi connectivity index (χ4n) is 2.32. The lowest BCUT2D eigenvalue weighted by molar-refractivity contribution is -0.00276. The molecular formula is C19H25Cl2NO2. The van der Waals surface area contributed by atoms with Crippen LogP contribution in [0.15, 0.2) is 54.6 Å². The van der Waals surface area contributed by atoms with Crippen LogP contribution in [0.1, 0.15) is 37.1 Å². The van der Waals surface area contributed by atoms with E-state index in [1.165, 1.54) is 0 Å². The third-order valence-electron chi connectivity index (χ3n) is 3.84. The molecule has 0 aliphatic carbocycles. The summed E-state index contributed by atoms with van der Waals surface area (Å²) in [6.07, 6.45) is -0.574. The molecule has 0 spiro atoms. The fraction of sp³-hybridized carbons (Fsp3) is 0.368. The number of hydrogen-bond acceptors (Lipinski definition) is 3. The molecule has 0 aliphatic heterocycles. The lowest BCUT2D eigenvalue weighted by Gasteiger charge is -2.20. The van der Waals surface area contributed by atoms with Crippen molar-refractivity contribution in [2.24, 2.45) is 0 Å². The molecule has 5 heteroatoms. The van der Waals surface area contributed by atoms with E-state index in [1.54, 1.807) is 0 Å². The summed E-state index contributed by atoms with van der Waals surface area (Å²) in [6.45, 7) is 4.83. The minimum Gasteiger partial charge on any atom is -0.389 e. The fourth-order valence-corrected chi connectivity index (χ4v) is 2.44. The predicted octanol–water partition coefficient (Wildman–Crippen LogP) is 4.55. The number of ether oxygens (including phenoxy) is 1. The Morgan fingerprint density at radius 3 is 2.25 bits per heavy atom. The van der Waals surface area contributed by atoms with Gasteiger partial charge in [-0.2, -0.15) is 0 Å². The molecule has 3 nitrogen and oxygen atoms in total. The number of hydrogen-bond donors (Lipinski definition) is 2. The van der Waals surface area contributed by atoms with Gasteiger partial charge >= 0.3 is 0 Å². The Labute approximate surface area is 155 Å². The zero-order valence-corrected chi connectivity index (χ0v) is 15.6. The van der Waals surface area contributed by atoms with Crippen LogP contribution in [0, 0.1) is 0 Å². The van der Waals surface area contributed by atoms with E-state index in [9.17, 15) is 5.11 Å². The molecule has 0 heterocycles. The average Bonchev–Trinajstić information content (AvgIpc) is 2.59. The van der Waals surface area contributed by atoms with Crippen LogP contribution in [-0.2, 0) is 4.74 Å². The van der Waals surface area contributed by atoms with Crippen molar-refractivity contribution in [3.8, 4) is 0 Å². The van der Waals surface area contributed by atoms with Crippen LogP contribution in [0.25, 0.3) is 0 Å². The maximum absolute atomic E-state index is 10.1. The summed E-state index contributed by atoms with van der Waals surface area (Å²) >= 11 is 5.89. The van der Waals surface area contributed by atoms with Gasteiger partial charge in [-0.3, -0.25) is 0 Å². The highest BCUT2D eigenvalue weighted by atomic mass is 35.5. The SMILES string of the molecule is CC(NCC(O)COC(C)c1ccccc1)c1ccc(Cl)cc1.Cl. The Morgan fingerprint density at radius 1 is 1.00 bits per heavy atom. The van der Waals surface area contributed by atoms with Gasteiger partial charge < -0.3 is 15.2 Å². The number of aliphatic hydroxyl groups excluding tert-OH is 1. The number of aliphatic hydroxyl groups is 1. The van der Waals surface area contributed by atoms with Crippen LogP contribution in [0.4, 0.5) is 0 Å². The van der Waals surface area contributed by atoms with Gasteiger partial charge in [0, 0.05) is 17.6 Å². The molecule has 24 heavy (non-hydrogen) atoms. The molecule has 0 aromatic heterocycles. The third kappa shape index (κ3) is 6.80. The van der Waals surface area contributed by atoms with Crippen LogP contribution < -0.4 is 5.32 Å². The first-order valence-electron chi connectivity index (χ1n) is 7.89. The molecular weight excluding hydrogens is 345 g/mol. The molecule has 0 amide bonds. The maximum Gasteiger partial charge on any atom is 0.0898 e. The first kappa shape index (κ1) is 20.9. The van der Waals surface area contributed by atoms with Gasteiger partial charge in [0.25, 0.3) is 0 Å². The Hall–Kier alpha value is -1.10.